The van der Waals surface area contributed by atoms with E-state index in [2.05, 4.69) is 58.9 Å². The summed E-state index contributed by atoms with van der Waals surface area (Å²) in [5.41, 5.74) is 4.33. The predicted molar refractivity (Wildman–Crippen MR) is 145 cm³/mol. The number of carbonyl (C=O) groups excluding carboxylic acids is 1. The molecular formula is C28H39N5O3. The number of piperidine rings is 1. The molecule has 8 heteroatoms. The second-order valence-corrected chi connectivity index (χ2v) is 10.6. The molecule has 1 saturated heterocycles. The van der Waals surface area contributed by atoms with Crippen molar-refractivity contribution in [3.63, 3.8) is 0 Å². The molecule has 0 radical (unpaired) electrons. The van der Waals surface area contributed by atoms with Crippen molar-refractivity contribution in [1.82, 2.24) is 14.4 Å². The zero-order valence-electron chi connectivity index (χ0n) is 22.6. The molecule has 0 aliphatic carbocycles. The van der Waals surface area contributed by atoms with Gasteiger partial charge in [-0.05, 0) is 77.3 Å². The summed E-state index contributed by atoms with van der Waals surface area (Å²) in [4.78, 5) is 25.4. The van der Waals surface area contributed by atoms with E-state index in [1.54, 1.807) is 0 Å². The minimum absolute atomic E-state index is 0.196. The summed E-state index contributed by atoms with van der Waals surface area (Å²) in [6.07, 6.45) is 5.79. The molecule has 3 aromatic heterocycles. The maximum absolute atomic E-state index is 12.9. The van der Waals surface area contributed by atoms with E-state index < -0.39 is 0 Å². The molecule has 4 rings (SSSR count). The van der Waals surface area contributed by atoms with E-state index in [4.69, 9.17) is 9.57 Å². The van der Waals surface area contributed by atoms with Crippen molar-refractivity contribution in [1.29, 1.82) is 0 Å². The molecule has 0 aromatic carbocycles. The van der Waals surface area contributed by atoms with Crippen molar-refractivity contribution < 1.29 is 14.4 Å². The van der Waals surface area contributed by atoms with Gasteiger partial charge in [0.1, 0.15) is 11.6 Å². The molecular weight excluding hydrogens is 454 g/mol. The molecule has 1 aliphatic heterocycles. The first-order valence-corrected chi connectivity index (χ1v) is 12.7. The van der Waals surface area contributed by atoms with Crippen LogP contribution in [0.25, 0.3) is 16.6 Å². The molecule has 0 saturated carbocycles. The van der Waals surface area contributed by atoms with E-state index in [-0.39, 0.29) is 17.6 Å². The number of carbonyl (C=O) groups is 1. The molecule has 8 nitrogen and oxygen atoms in total. The Hall–Kier alpha value is -3.10. The van der Waals surface area contributed by atoms with Crippen LogP contribution in [0.15, 0.2) is 36.7 Å². The molecule has 0 unspecified atom stereocenters. The third-order valence-electron chi connectivity index (χ3n) is 6.41. The van der Waals surface area contributed by atoms with E-state index in [0.29, 0.717) is 12.2 Å². The fourth-order valence-corrected chi connectivity index (χ4v) is 4.69. The molecule has 0 atom stereocenters. The lowest BCUT2D eigenvalue weighted by Gasteiger charge is -2.36. The average Bonchev–Trinajstić information content (AvgIpc) is 3.25. The van der Waals surface area contributed by atoms with Crippen LogP contribution in [-0.4, -0.2) is 65.9 Å². The van der Waals surface area contributed by atoms with Crippen LogP contribution >= 0.6 is 0 Å². The minimum atomic E-state index is -0.301. The molecule has 1 fully saturated rings. The first-order chi connectivity index (χ1) is 17.1. The minimum Gasteiger partial charge on any atom is -0.462 e. The Morgan fingerprint density at radius 3 is 2.56 bits per heavy atom. The van der Waals surface area contributed by atoms with Crippen LogP contribution in [0.4, 0.5) is 11.6 Å². The molecule has 1 N–H and O–H groups in total. The van der Waals surface area contributed by atoms with Crippen LogP contribution in [-0.2, 0) is 9.57 Å². The van der Waals surface area contributed by atoms with Gasteiger partial charge < -0.3 is 19.4 Å². The highest BCUT2D eigenvalue weighted by molar-refractivity contribution is 5.96. The first-order valence-electron chi connectivity index (χ1n) is 12.7. The molecule has 194 valence electrons. The van der Waals surface area contributed by atoms with Crippen molar-refractivity contribution in [2.24, 2.45) is 0 Å². The Bertz CT molecular complexity index is 1220. The number of esters is 1. The van der Waals surface area contributed by atoms with Gasteiger partial charge in [0.05, 0.1) is 23.3 Å². The Morgan fingerprint density at radius 2 is 1.92 bits per heavy atom. The summed E-state index contributed by atoms with van der Waals surface area (Å²) >= 11 is 0. The molecule has 4 heterocycles. The number of rotatable bonds is 7. The van der Waals surface area contributed by atoms with Gasteiger partial charge in [0.25, 0.3) is 0 Å². The van der Waals surface area contributed by atoms with Crippen LogP contribution in [0.1, 0.15) is 56.5 Å². The van der Waals surface area contributed by atoms with Crippen LogP contribution < -0.4 is 10.2 Å². The molecule has 0 spiro atoms. The van der Waals surface area contributed by atoms with Crippen LogP contribution in [0, 0.1) is 6.92 Å². The molecule has 0 amide bonds. The van der Waals surface area contributed by atoms with E-state index >= 15 is 0 Å². The average molecular weight is 494 g/mol. The van der Waals surface area contributed by atoms with E-state index in [0.717, 1.165) is 59.8 Å². The van der Waals surface area contributed by atoms with Crippen molar-refractivity contribution in [2.45, 2.75) is 59.1 Å². The Morgan fingerprint density at radius 1 is 1.19 bits per heavy atom. The topological polar surface area (TPSA) is 71.3 Å². The second kappa shape index (κ2) is 10.5. The smallest absolute Gasteiger partial charge is 0.338 e. The number of nitrogens with one attached hydrogen (secondary N) is 1. The van der Waals surface area contributed by atoms with Crippen molar-refractivity contribution >= 4 is 23.1 Å². The third-order valence-corrected chi connectivity index (χ3v) is 6.41. The van der Waals surface area contributed by atoms with Gasteiger partial charge in [-0.15, -0.1) is 0 Å². The van der Waals surface area contributed by atoms with Crippen molar-refractivity contribution in [3.05, 3.63) is 47.8 Å². The Labute approximate surface area is 214 Å². The molecule has 1 aliphatic rings. The standard InChI is InChI=1S/C28H39N5O3/c1-8-35-27(34)23-18-24-22(20-9-13-29-25(17-20)31(6)7)12-16-33(24)26(19(23)2)30-21-10-14-32(15-11-21)36-28(3,4)5/h9,12-13,16-18,21,30H,8,10-11,14-15H2,1-7H3. The van der Waals surface area contributed by atoms with E-state index in [9.17, 15) is 4.79 Å². The van der Waals surface area contributed by atoms with Gasteiger partial charge >= 0.3 is 5.97 Å². The molecule has 3 aromatic rings. The highest BCUT2D eigenvalue weighted by Gasteiger charge is 2.26. The predicted octanol–water partition coefficient (Wildman–Crippen LogP) is 5.16. The van der Waals surface area contributed by atoms with Crippen LogP contribution in [0.3, 0.4) is 0 Å². The van der Waals surface area contributed by atoms with Crippen LogP contribution in [0.2, 0.25) is 0 Å². The number of fused-ring (bicyclic) bond motifs is 1. The Kier molecular flexibility index (Phi) is 7.57. The van der Waals surface area contributed by atoms with Gasteiger partial charge in [0.15, 0.2) is 0 Å². The quantitative estimate of drug-likeness (QED) is 0.456. The number of aromatic nitrogens is 2. The summed E-state index contributed by atoms with van der Waals surface area (Å²) in [6.45, 7) is 12.1. The van der Waals surface area contributed by atoms with E-state index in [1.165, 1.54) is 0 Å². The van der Waals surface area contributed by atoms with Gasteiger partial charge in [-0.3, -0.25) is 4.84 Å². The van der Waals surface area contributed by atoms with Crippen molar-refractivity contribution in [3.8, 4) is 11.1 Å². The van der Waals surface area contributed by atoms with Gasteiger partial charge in [-0.2, -0.15) is 5.06 Å². The zero-order chi connectivity index (χ0) is 26.0. The first kappa shape index (κ1) is 26.0. The Balaban J connectivity index is 1.71. The maximum atomic E-state index is 12.9. The van der Waals surface area contributed by atoms with Gasteiger partial charge in [0, 0.05) is 56.7 Å². The number of hydrogen-bond donors (Lipinski definition) is 1. The van der Waals surface area contributed by atoms with Gasteiger partial charge in [0.2, 0.25) is 0 Å². The summed E-state index contributed by atoms with van der Waals surface area (Å²) in [7, 11) is 3.96. The number of anilines is 2. The lowest BCUT2D eigenvalue weighted by molar-refractivity contribution is -0.235. The SMILES string of the molecule is CCOC(=O)c1cc2c(-c3ccnc(N(C)C)c3)ccn2c(NC2CCN(OC(C)(C)C)CC2)c1C. The number of hydrogen-bond acceptors (Lipinski definition) is 7. The summed E-state index contributed by atoms with van der Waals surface area (Å²) < 4.78 is 7.57. The van der Waals surface area contributed by atoms with E-state index in [1.807, 2.05) is 51.2 Å². The normalized spacial score (nSPS) is 15.3. The second-order valence-electron chi connectivity index (χ2n) is 10.6. The highest BCUT2D eigenvalue weighted by atomic mass is 16.7. The lowest BCUT2D eigenvalue weighted by atomic mass is 10.0. The van der Waals surface area contributed by atoms with Crippen LogP contribution in [0.5, 0.6) is 0 Å². The maximum Gasteiger partial charge on any atom is 0.338 e. The van der Waals surface area contributed by atoms with Crippen molar-refractivity contribution in [2.75, 3.05) is 44.0 Å². The summed E-state index contributed by atoms with van der Waals surface area (Å²) in [5, 5.41) is 5.82. The summed E-state index contributed by atoms with van der Waals surface area (Å²) in [6, 6.07) is 8.39. The largest absolute Gasteiger partial charge is 0.462 e. The lowest BCUT2D eigenvalue weighted by Crippen LogP contribution is -2.43. The number of ether oxygens (including phenoxy) is 1. The van der Waals surface area contributed by atoms with Gasteiger partial charge in [-0.1, -0.05) is 0 Å². The number of pyridine rings is 2. The fourth-order valence-electron chi connectivity index (χ4n) is 4.69. The molecule has 36 heavy (non-hydrogen) atoms. The van der Waals surface area contributed by atoms with Gasteiger partial charge in [-0.25, -0.2) is 9.78 Å². The number of nitrogens with zero attached hydrogens (tertiary/aromatic N) is 4. The fraction of sp³-hybridized carbons (Fsp3) is 0.500. The highest BCUT2D eigenvalue weighted by Crippen LogP contribution is 2.34. The third kappa shape index (κ3) is 5.65. The molecule has 0 bridgehead atoms. The summed E-state index contributed by atoms with van der Waals surface area (Å²) in [5.74, 6) is 1.51. The number of hydroxylamine groups is 2. The monoisotopic (exact) mass is 493 g/mol. The zero-order valence-corrected chi connectivity index (χ0v) is 22.6.